The van der Waals surface area contributed by atoms with Gasteiger partial charge in [0.2, 0.25) is 0 Å². The summed E-state index contributed by atoms with van der Waals surface area (Å²) in [4.78, 5) is 12.9. The summed E-state index contributed by atoms with van der Waals surface area (Å²) in [5.74, 6) is 2.10. The van der Waals surface area contributed by atoms with E-state index in [1.54, 1.807) is 0 Å². The number of nitrogens with zero attached hydrogens (tertiary/aromatic N) is 3. The molecule has 4 heteroatoms. The number of imidazole rings is 2. The minimum atomic E-state index is 0.120. The van der Waals surface area contributed by atoms with E-state index in [-0.39, 0.29) is 5.92 Å². The summed E-state index contributed by atoms with van der Waals surface area (Å²) in [5.41, 5.74) is 4.24. The lowest BCUT2D eigenvalue weighted by Crippen LogP contribution is -2.06. The Bertz CT molecular complexity index is 899. The van der Waals surface area contributed by atoms with Gasteiger partial charge in [0, 0.05) is 7.05 Å². The zero-order valence-corrected chi connectivity index (χ0v) is 12.0. The average molecular weight is 276 g/mol. The fraction of sp³-hybridized carbons (Fsp3) is 0.176. The number of H-pyrrole nitrogens is 1. The zero-order chi connectivity index (χ0) is 14.4. The van der Waals surface area contributed by atoms with Crippen LogP contribution >= 0.6 is 0 Å². The largest absolute Gasteiger partial charge is 0.341 e. The Kier molecular flexibility index (Phi) is 2.57. The minimum Gasteiger partial charge on any atom is -0.341 e. The van der Waals surface area contributed by atoms with E-state index in [0.29, 0.717) is 0 Å². The van der Waals surface area contributed by atoms with Crippen molar-refractivity contribution in [1.82, 2.24) is 19.5 Å². The van der Waals surface area contributed by atoms with Gasteiger partial charge in [-0.2, -0.15) is 0 Å². The van der Waals surface area contributed by atoms with Crippen molar-refractivity contribution in [3.8, 4) is 0 Å². The van der Waals surface area contributed by atoms with Crippen LogP contribution in [0.5, 0.6) is 0 Å². The van der Waals surface area contributed by atoms with Crippen LogP contribution < -0.4 is 0 Å². The molecule has 4 rings (SSSR count). The second-order valence-corrected chi connectivity index (χ2v) is 5.38. The second-order valence-electron chi connectivity index (χ2n) is 5.38. The highest BCUT2D eigenvalue weighted by Gasteiger charge is 2.19. The first-order valence-electron chi connectivity index (χ1n) is 7.10. The number of aromatic amines is 1. The average Bonchev–Trinajstić information content (AvgIpc) is 3.08. The van der Waals surface area contributed by atoms with Crippen LogP contribution in [0.15, 0.2) is 48.5 Å². The van der Waals surface area contributed by atoms with Gasteiger partial charge >= 0.3 is 0 Å². The monoisotopic (exact) mass is 276 g/mol. The summed E-state index contributed by atoms with van der Waals surface area (Å²) in [6.07, 6.45) is 0. The van der Waals surface area contributed by atoms with Crippen LogP contribution in [0.25, 0.3) is 22.1 Å². The predicted molar refractivity (Wildman–Crippen MR) is 84.3 cm³/mol. The van der Waals surface area contributed by atoms with Crippen molar-refractivity contribution in [3.05, 3.63) is 60.2 Å². The smallest absolute Gasteiger partial charge is 0.120 e. The van der Waals surface area contributed by atoms with Crippen molar-refractivity contribution in [2.24, 2.45) is 7.05 Å². The number of benzene rings is 2. The standard InChI is InChI=1S/C17H16N4/c1-11(16-18-12-7-3-4-8-13(12)19-16)17-20-14-9-5-6-10-15(14)21(17)2/h3-11H,1-2H3,(H,18,19). The quantitative estimate of drug-likeness (QED) is 0.608. The molecule has 0 aliphatic carbocycles. The molecule has 2 aromatic carbocycles. The lowest BCUT2D eigenvalue weighted by Gasteiger charge is -2.08. The first-order valence-corrected chi connectivity index (χ1v) is 7.10. The summed E-state index contributed by atoms with van der Waals surface area (Å²) in [6.45, 7) is 2.14. The zero-order valence-electron chi connectivity index (χ0n) is 12.0. The molecule has 1 unspecified atom stereocenters. The molecule has 0 radical (unpaired) electrons. The van der Waals surface area contributed by atoms with Gasteiger partial charge in [0.1, 0.15) is 11.6 Å². The molecular weight excluding hydrogens is 260 g/mol. The SMILES string of the molecule is CC(c1nc2ccccc2[nH]1)c1nc2ccccc2n1C. The third-order valence-electron chi connectivity index (χ3n) is 4.03. The summed E-state index contributed by atoms with van der Waals surface area (Å²) in [5, 5.41) is 0. The van der Waals surface area contributed by atoms with Gasteiger partial charge < -0.3 is 9.55 Å². The Balaban J connectivity index is 1.85. The van der Waals surface area contributed by atoms with E-state index in [1.807, 2.05) is 42.5 Å². The molecule has 2 heterocycles. The first kappa shape index (κ1) is 12.1. The van der Waals surface area contributed by atoms with Gasteiger partial charge in [-0.1, -0.05) is 24.3 Å². The number of rotatable bonds is 2. The Morgan fingerprint density at radius 3 is 2.43 bits per heavy atom. The van der Waals surface area contributed by atoms with Crippen LogP contribution in [-0.2, 0) is 7.05 Å². The maximum Gasteiger partial charge on any atom is 0.120 e. The molecule has 0 spiro atoms. The highest BCUT2D eigenvalue weighted by atomic mass is 15.1. The number of nitrogens with one attached hydrogen (secondary N) is 1. The molecule has 4 aromatic rings. The third kappa shape index (κ3) is 1.83. The Morgan fingerprint density at radius 2 is 1.67 bits per heavy atom. The molecule has 1 N–H and O–H groups in total. The summed E-state index contributed by atoms with van der Waals surface area (Å²) in [6, 6.07) is 16.3. The Labute approximate surface area is 122 Å². The van der Waals surface area contributed by atoms with E-state index in [1.165, 1.54) is 0 Å². The molecule has 0 saturated heterocycles. The fourth-order valence-corrected chi connectivity index (χ4v) is 2.85. The van der Waals surface area contributed by atoms with Crippen LogP contribution in [-0.4, -0.2) is 19.5 Å². The highest BCUT2D eigenvalue weighted by molar-refractivity contribution is 5.77. The number of para-hydroxylation sites is 4. The van der Waals surface area contributed by atoms with Gasteiger partial charge in [-0.25, -0.2) is 9.97 Å². The molecular formula is C17H16N4. The second kappa shape index (κ2) is 4.45. The van der Waals surface area contributed by atoms with E-state index in [0.717, 1.165) is 33.7 Å². The van der Waals surface area contributed by atoms with Crippen LogP contribution in [0.1, 0.15) is 24.5 Å². The number of hydrogen-bond acceptors (Lipinski definition) is 2. The van der Waals surface area contributed by atoms with Crippen molar-refractivity contribution in [3.63, 3.8) is 0 Å². The Morgan fingerprint density at radius 1 is 0.952 bits per heavy atom. The van der Waals surface area contributed by atoms with Crippen molar-refractivity contribution in [2.45, 2.75) is 12.8 Å². The van der Waals surface area contributed by atoms with Gasteiger partial charge in [-0.15, -0.1) is 0 Å². The van der Waals surface area contributed by atoms with Gasteiger partial charge in [0.25, 0.3) is 0 Å². The van der Waals surface area contributed by atoms with E-state index in [4.69, 9.17) is 9.97 Å². The van der Waals surface area contributed by atoms with E-state index >= 15 is 0 Å². The summed E-state index contributed by atoms with van der Waals surface area (Å²) >= 11 is 0. The van der Waals surface area contributed by atoms with Gasteiger partial charge in [-0.05, 0) is 31.2 Å². The number of aromatic nitrogens is 4. The molecule has 0 bridgehead atoms. The number of hydrogen-bond donors (Lipinski definition) is 1. The summed E-state index contributed by atoms with van der Waals surface area (Å²) < 4.78 is 2.15. The molecule has 104 valence electrons. The first-order chi connectivity index (χ1) is 10.2. The topological polar surface area (TPSA) is 46.5 Å². The fourth-order valence-electron chi connectivity index (χ4n) is 2.85. The summed E-state index contributed by atoms with van der Waals surface area (Å²) in [7, 11) is 2.06. The van der Waals surface area contributed by atoms with Crippen LogP contribution in [0.4, 0.5) is 0 Å². The van der Waals surface area contributed by atoms with E-state index < -0.39 is 0 Å². The molecule has 0 aliphatic heterocycles. The molecule has 0 saturated carbocycles. The maximum absolute atomic E-state index is 4.76. The van der Waals surface area contributed by atoms with E-state index in [2.05, 4.69) is 29.6 Å². The molecule has 2 aromatic heterocycles. The number of fused-ring (bicyclic) bond motifs is 2. The number of aryl methyl sites for hydroxylation is 1. The van der Waals surface area contributed by atoms with Crippen LogP contribution in [0.2, 0.25) is 0 Å². The van der Waals surface area contributed by atoms with Crippen molar-refractivity contribution in [1.29, 1.82) is 0 Å². The molecule has 0 amide bonds. The van der Waals surface area contributed by atoms with Gasteiger partial charge in [0.05, 0.1) is 28.0 Å². The van der Waals surface area contributed by atoms with Crippen molar-refractivity contribution in [2.75, 3.05) is 0 Å². The van der Waals surface area contributed by atoms with Crippen LogP contribution in [0, 0.1) is 0 Å². The minimum absolute atomic E-state index is 0.120. The molecule has 0 aliphatic rings. The normalized spacial score (nSPS) is 13.0. The van der Waals surface area contributed by atoms with E-state index in [9.17, 15) is 0 Å². The van der Waals surface area contributed by atoms with Gasteiger partial charge in [-0.3, -0.25) is 0 Å². The third-order valence-corrected chi connectivity index (χ3v) is 4.03. The lowest BCUT2D eigenvalue weighted by molar-refractivity contribution is 0.722. The lowest BCUT2D eigenvalue weighted by atomic mass is 10.1. The molecule has 4 nitrogen and oxygen atoms in total. The maximum atomic E-state index is 4.76. The Hall–Kier alpha value is -2.62. The van der Waals surface area contributed by atoms with Crippen molar-refractivity contribution < 1.29 is 0 Å². The highest BCUT2D eigenvalue weighted by Crippen LogP contribution is 2.26. The van der Waals surface area contributed by atoms with Crippen molar-refractivity contribution >= 4 is 22.1 Å². The molecule has 0 fully saturated rings. The molecule has 1 atom stereocenters. The molecule has 21 heavy (non-hydrogen) atoms. The van der Waals surface area contributed by atoms with Gasteiger partial charge in [0.15, 0.2) is 0 Å². The predicted octanol–water partition coefficient (Wildman–Crippen LogP) is 3.60. The van der Waals surface area contributed by atoms with Crippen LogP contribution in [0.3, 0.4) is 0 Å².